The first-order chi connectivity index (χ1) is 8.10. The molecule has 4 heteroatoms. The molecule has 1 aromatic heterocycles. The molecule has 1 heterocycles. The van der Waals surface area contributed by atoms with E-state index in [1.165, 1.54) is 5.56 Å². The van der Waals surface area contributed by atoms with Gasteiger partial charge >= 0.3 is 0 Å². The van der Waals surface area contributed by atoms with Crippen molar-refractivity contribution in [2.75, 3.05) is 20.2 Å². The van der Waals surface area contributed by atoms with Crippen LogP contribution < -0.4 is 5.32 Å². The summed E-state index contributed by atoms with van der Waals surface area (Å²) in [5, 5.41) is 3.32. The molecular formula is C13H23N3O. The van der Waals surface area contributed by atoms with Crippen LogP contribution in [0.1, 0.15) is 42.7 Å². The number of nitrogens with zero attached hydrogens (tertiary/aromatic N) is 2. The molecule has 0 aromatic carbocycles. The molecule has 0 spiro atoms. The molecule has 1 aromatic rings. The maximum atomic E-state index is 5.25. The van der Waals surface area contributed by atoms with Gasteiger partial charge in [0.15, 0.2) is 5.82 Å². The van der Waals surface area contributed by atoms with Gasteiger partial charge in [-0.15, -0.1) is 0 Å². The predicted molar refractivity (Wildman–Crippen MR) is 69.2 cm³/mol. The minimum atomic E-state index is -0.0461. The van der Waals surface area contributed by atoms with Gasteiger partial charge in [-0.3, -0.25) is 0 Å². The van der Waals surface area contributed by atoms with Gasteiger partial charge in [0.2, 0.25) is 0 Å². The second kappa shape index (κ2) is 6.67. The lowest BCUT2D eigenvalue weighted by atomic mass is 10.1. The summed E-state index contributed by atoms with van der Waals surface area (Å²) < 4.78 is 5.25. The number of nitrogens with one attached hydrogen (secondary N) is 1. The van der Waals surface area contributed by atoms with E-state index < -0.39 is 0 Å². The Hall–Kier alpha value is -1.00. The Morgan fingerprint density at radius 1 is 1.24 bits per heavy atom. The zero-order chi connectivity index (χ0) is 12.8. The van der Waals surface area contributed by atoms with Crippen LogP contribution in [0, 0.1) is 13.8 Å². The van der Waals surface area contributed by atoms with Crippen LogP contribution in [-0.4, -0.2) is 30.2 Å². The van der Waals surface area contributed by atoms with E-state index in [-0.39, 0.29) is 6.10 Å². The molecule has 1 rings (SSSR count). The molecular weight excluding hydrogens is 214 g/mol. The maximum absolute atomic E-state index is 5.25. The summed E-state index contributed by atoms with van der Waals surface area (Å²) in [4.78, 5) is 9.04. The fraction of sp³-hybridized carbons (Fsp3) is 0.692. The van der Waals surface area contributed by atoms with Crippen LogP contribution in [0.25, 0.3) is 0 Å². The standard InChI is InChI=1S/C13H23N3O/c1-6-14-8-7-12-9(2)15-13(11(4)17-5)16-10(12)3/h11,14H,6-8H2,1-5H3. The van der Waals surface area contributed by atoms with Gasteiger partial charge in [0, 0.05) is 18.5 Å². The highest BCUT2D eigenvalue weighted by Gasteiger charge is 2.12. The smallest absolute Gasteiger partial charge is 0.157 e. The first kappa shape index (κ1) is 14.1. The van der Waals surface area contributed by atoms with Crippen LogP contribution >= 0.6 is 0 Å². The van der Waals surface area contributed by atoms with Crippen molar-refractivity contribution in [3.63, 3.8) is 0 Å². The molecule has 0 radical (unpaired) electrons. The second-order valence-electron chi connectivity index (χ2n) is 4.21. The average Bonchev–Trinajstić information content (AvgIpc) is 2.31. The number of hydrogen-bond acceptors (Lipinski definition) is 4. The van der Waals surface area contributed by atoms with Gasteiger partial charge in [-0.1, -0.05) is 6.92 Å². The largest absolute Gasteiger partial charge is 0.374 e. The lowest BCUT2D eigenvalue weighted by molar-refractivity contribution is 0.111. The summed E-state index contributed by atoms with van der Waals surface area (Å²) in [7, 11) is 1.68. The third-order valence-electron chi connectivity index (χ3n) is 2.96. The van der Waals surface area contributed by atoms with E-state index in [4.69, 9.17) is 4.74 Å². The molecule has 0 fully saturated rings. The van der Waals surface area contributed by atoms with Crippen LogP contribution in [0.2, 0.25) is 0 Å². The topological polar surface area (TPSA) is 47.0 Å². The first-order valence-corrected chi connectivity index (χ1v) is 6.17. The van der Waals surface area contributed by atoms with E-state index in [0.717, 1.165) is 36.7 Å². The number of likely N-dealkylation sites (N-methyl/N-ethyl adjacent to an activating group) is 1. The molecule has 0 saturated carbocycles. The van der Waals surface area contributed by atoms with Crippen LogP contribution in [0.3, 0.4) is 0 Å². The highest BCUT2D eigenvalue weighted by molar-refractivity contribution is 5.25. The van der Waals surface area contributed by atoms with Crippen molar-refractivity contribution in [1.82, 2.24) is 15.3 Å². The van der Waals surface area contributed by atoms with Crippen LogP contribution in [0.15, 0.2) is 0 Å². The second-order valence-corrected chi connectivity index (χ2v) is 4.21. The molecule has 96 valence electrons. The first-order valence-electron chi connectivity index (χ1n) is 6.17. The third kappa shape index (κ3) is 3.75. The molecule has 0 aliphatic heterocycles. The number of hydrogen-bond donors (Lipinski definition) is 1. The Balaban J connectivity index is 2.86. The average molecular weight is 237 g/mol. The fourth-order valence-electron chi connectivity index (χ4n) is 1.80. The SMILES string of the molecule is CCNCCc1c(C)nc(C(C)OC)nc1C. The van der Waals surface area contributed by atoms with E-state index in [9.17, 15) is 0 Å². The molecule has 4 nitrogen and oxygen atoms in total. The lowest BCUT2D eigenvalue weighted by Gasteiger charge is -2.14. The lowest BCUT2D eigenvalue weighted by Crippen LogP contribution is -2.18. The highest BCUT2D eigenvalue weighted by atomic mass is 16.5. The molecule has 0 aliphatic rings. The quantitative estimate of drug-likeness (QED) is 0.768. The minimum Gasteiger partial charge on any atom is -0.374 e. The van der Waals surface area contributed by atoms with E-state index >= 15 is 0 Å². The molecule has 0 aliphatic carbocycles. The monoisotopic (exact) mass is 237 g/mol. The number of aromatic nitrogens is 2. The minimum absolute atomic E-state index is 0.0461. The summed E-state index contributed by atoms with van der Waals surface area (Å²) in [6, 6.07) is 0. The van der Waals surface area contributed by atoms with Gasteiger partial charge in [0.1, 0.15) is 6.10 Å². The van der Waals surface area contributed by atoms with E-state index in [1.807, 2.05) is 20.8 Å². The molecule has 0 amide bonds. The summed E-state index contributed by atoms with van der Waals surface area (Å²) in [5.74, 6) is 0.773. The Bertz CT molecular complexity index is 343. The number of aryl methyl sites for hydroxylation is 2. The van der Waals surface area contributed by atoms with Crippen molar-refractivity contribution >= 4 is 0 Å². The van der Waals surface area contributed by atoms with Crippen molar-refractivity contribution < 1.29 is 4.74 Å². The van der Waals surface area contributed by atoms with Crippen LogP contribution in [0.4, 0.5) is 0 Å². The molecule has 1 atom stereocenters. The Kier molecular flexibility index (Phi) is 5.51. The van der Waals surface area contributed by atoms with Gasteiger partial charge in [-0.2, -0.15) is 0 Å². The summed E-state index contributed by atoms with van der Waals surface area (Å²) in [5.41, 5.74) is 3.38. The predicted octanol–water partition coefficient (Wildman–Crippen LogP) is 1.95. The van der Waals surface area contributed by atoms with E-state index in [1.54, 1.807) is 7.11 Å². The van der Waals surface area contributed by atoms with Gasteiger partial charge in [0.05, 0.1) is 0 Å². The van der Waals surface area contributed by atoms with Crippen molar-refractivity contribution in [3.8, 4) is 0 Å². The third-order valence-corrected chi connectivity index (χ3v) is 2.96. The van der Waals surface area contributed by atoms with Gasteiger partial charge in [-0.25, -0.2) is 9.97 Å². The van der Waals surface area contributed by atoms with Crippen molar-refractivity contribution in [2.24, 2.45) is 0 Å². The number of rotatable bonds is 6. The Morgan fingerprint density at radius 3 is 2.29 bits per heavy atom. The van der Waals surface area contributed by atoms with Gasteiger partial charge in [0.25, 0.3) is 0 Å². The fourth-order valence-corrected chi connectivity index (χ4v) is 1.80. The summed E-state index contributed by atoms with van der Waals surface area (Å²) in [6.45, 7) is 10.1. The molecule has 17 heavy (non-hydrogen) atoms. The number of ether oxygens (including phenoxy) is 1. The zero-order valence-electron chi connectivity index (χ0n) is 11.5. The molecule has 1 unspecified atom stereocenters. The Labute approximate surface area is 104 Å². The molecule has 1 N–H and O–H groups in total. The zero-order valence-corrected chi connectivity index (χ0v) is 11.5. The van der Waals surface area contributed by atoms with E-state index in [2.05, 4.69) is 22.2 Å². The van der Waals surface area contributed by atoms with Gasteiger partial charge in [-0.05, 0) is 45.8 Å². The van der Waals surface area contributed by atoms with Gasteiger partial charge < -0.3 is 10.1 Å². The van der Waals surface area contributed by atoms with E-state index in [0.29, 0.717) is 0 Å². The van der Waals surface area contributed by atoms with Crippen LogP contribution in [-0.2, 0) is 11.2 Å². The highest BCUT2D eigenvalue weighted by Crippen LogP contribution is 2.16. The van der Waals surface area contributed by atoms with Crippen molar-refractivity contribution in [3.05, 3.63) is 22.8 Å². The van der Waals surface area contributed by atoms with Crippen molar-refractivity contribution in [1.29, 1.82) is 0 Å². The van der Waals surface area contributed by atoms with Crippen LogP contribution in [0.5, 0.6) is 0 Å². The summed E-state index contributed by atoms with van der Waals surface area (Å²) in [6.07, 6.45) is 0.933. The number of methoxy groups -OCH3 is 1. The normalized spacial score (nSPS) is 12.8. The Morgan fingerprint density at radius 2 is 1.82 bits per heavy atom. The molecule has 0 saturated heterocycles. The van der Waals surface area contributed by atoms with Crippen molar-refractivity contribution in [2.45, 2.75) is 40.2 Å². The maximum Gasteiger partial charge on any atom is 0.157 e. The summed E-state index contributed by atoms with van der Waals surface area (Å²) >= 11 is 0. The molecule has 0 bridgehead atoms.